The van der Waals surface area contributed by atoms with Crippen LogP contribution >= 0.6 is 0 Å². The zero-order chi connectivity index (χ0) is 22.4. The van der Waals surface area contributed by atoms with Crippen molar-refractivity contribution in [3.63, 3.8) is 0 Å². The summed E-state index contributed by atoms with van der Waals surface area (Å²) in [5.41, 5.74) is 1.28. The maximum absolute atomic E-state index is 12.1. The summed E-state index contributed by atoms with van der Waals surface area (Å²) in [5, 5.41) is 1.58. The molecule has 31 heavy (non-hydrogen) atoms. The Morgan fingerprint density at radius 3 is 2.42 bits per heavy atom. The molecule has 1 aromatic carbocycles. The number of ketones is 1. The first-order valence-corrected chi connectivity index (χ1v) is 11.7. The Labute approximate surface area is 186 Å². The van der Waals surface area contributed by atoms with Gasteiger partial charge in [-0.1, -0.05) is 37.3 Å². The molecule has 1 aromatic rings. The van der Waals surface area contributed by atoms with Gasteiger partial charge in [-0.3, -0.25) is 14.4 Å². The first-order chi connectivity index (χ1) is 14.9. The minimum Gasteiger partial charge on any atom is -0.379 e. The van der Waals surface area contributed by atoms with Crippen LogP contribution in [0.3, 0.4) is 0 Å². The summed E-state index contributed by atoms with van der Waals surface area (Å²) in [7, 11) is 3.81. The van der Waals surface area contributed by atoms with Crippen molar-refractivity contribution in [2.24, 2.45) is 11.8 Å². The number of nitrogens with zero attached hydrogens (tertiary/aromatic N) is 2. The van der Waals surface area contributed by atoms with Crippen LogP contribution in [0.15, 0.2) is 30.3 Å². The number of hydroxylamine groups is 2. The third-order valence-corrected chi connectivity index (χ3v) is 6.95. The quantitative estimate of drug-likeness (QED) is 0.689. The highest BCUT2D eigenvalue weighted by Crippen LogP contribution is 2.48. The number of hydrogen-bond acceptors (Lipinski definition) is 5. The van der Waals surface area contributed by atoms with Gasteiger partial charge >= 0.3 is 0 Å². The molecule has 3 fully saturated rings. The Bertz CT molecular complexity index is 719. The predicted molar refractivity (Wildman–Crippen MR) is 120 cm³/mol. The fourth-order valence-corrected chi connectivity index (χ4v) is 4.77. The Balaban J connectivity index is 0.000000180. The Morgan fingerprint density at radius 2 is 1.87 bits per heavy atom. The number of ether oxygens (including phenoxy) is 1. The van der Waals surface area contributed by atoms with E-state index in [1.807, 2.05) is 25.1 Å². The number of likely N-dealkylation sites (tertiary alicyclic amines) is 1. The van der Waals surface area contributed by atoms with Gasteiger partial charge in [0.25, 0.3) is 0 Å². The molecular formula is C25H38N2O4. The van der Waals surface area contributed by atoms with Crippen LogP contribution in [-0.2, 0) is 19.2 Å². The molecule has 172 valence electrons. The molecule has 2 heterocycles. The predicted octanol–water partition coefficient (Wildman–Crippen LogP) is 3.66. The number of hydrogen-bond donors (Lipinski definition) is 0. The minimum atomic E-state index is 0.00514. The first kappa shape index (κ1) is 23.9. The average Bonchev–Trinajstić information content (AvgIpc) is 3.50. The molecule has 0 N–H and O–H groups in total. The number of methoxy groups -OCH3 is 1. The van der Waals surface area contributed by atoms with Crippen molar-refractivity contribution in [1.82, 2.24) is 9.96 Å². The maximum atomic E-state index is 12.1. The summed E-state index contributed by atoms with van der Waals surface area (Å²) in [4.78, 5) is 31.2. The molecule has 1 saturated carbocycles. The van der Waals surface area contributed by atoms with Crippen LogP contribution < -0.4 is 0 Å². The van der Waals surface area contributed by atoms with Gasteiger partial charge in [0, 0.05) is 31.5 Å². The first-order valence-electron chi connectivity index (χ1n) is 11.7. The second-order valence-electron chi connectivity index (χ2n) is 9.13. The molecule has 1 aliphatic carbocycles. The Morgan fingerprint density at radius 1 is 1.13 bits per heavy atom. The number of likely N-dealkylation sites (N-methyl/N-ethyl adjacent to an activating group) is 1. The van der Waals surface area contributed by atoms with Crippen LogP contribution in [0.25, 0.3) is 0 Å². The summed E-state index contributed by atoms with van der Waals surface area (Å²) in [5.74, 6) is 0.964. The lowest BCUT2D eigenvalue weighted by atomic mass is 9.93. The third-order valence-electron chi connectivity index (χ3n) is 6.95. The normalized spacial score (nSPS) is 27.7. The highest BCUT2D eigenvalue weighted by molar-refractivity contribution is 5.82. The zero-order valence-electron chi connectivity index (χ0n) is 19.5. The van der Waals surface area contributed by atoms with Gasteiger partial charge in [-0.2, -0.15) is 0 Å². The van der Waals surface area contributed by atoms with E-state index in [0.717, 1.165) is 38.8 Å². The smallest absolute Gasteiger partial charge is 0.249 e. The van der Waals surface area contributed by atoms with Crippen molar-refractivity contribution < 1.29 is 19.2 Å². The highest BCUT2D eigenvalue weighted by atomic mass is 16.7. The second kappa shape index (κ2) is 11.2. The number of benzene rings is 1. The minimum absolute atomic E-state index is 0.00514. The van der Waals surface area contributed by atoms with Crippen molar-refractivity contribution in [3.05, 3.63) is 35.9 Å². The SMILES string of the molecule is CO[C@H](C(C)C(C)=O)[C@@H]1CCCN1C.O=C([C@@H]1C[C@@H]1c1ccccc1)N1CCCCO1. The monoisotopic (exact) mass is 430 g/mol. The number of carbonyl (C=O) groups is 2. The summed E-state index contributed by atoms with van der Waals surface area (Å²) < 4.78 is 5.47. The van der Waals surface area contributed by atoms with Gasteiger partial charge in [0.1, 0.15) is 5.78 Å². The van der Waals surface area contributed by atoms with E-state index in [0.29, 0.717) is 18.6 Å². The van der Waals surface area contributed by atoms with E-state index in [1.165, 1.54) is 12.0 Å². The summed E-state index contributed by atoms with van der Waals surface area (Å²) >= 11 is 0. The van der Waals surface area contributed by atoms with Crippen LogP contribution in [-0.4, -0.2) is 67.7 Å². The number of Topliss-reactive ketones (excluding diaryl/α,β-unsaturated/α-hetero) is 1. The molecule has 2 saturated heterocycles. The Kier molecular flexibility index (Phi) is 8.64. The van der Waals surface area contributed by atoms with Crippen LogP contribution in [0.5, 0.6) is 0 Å². The molecule has 0 spiro atoms. The molecule has 3 aliphatic rings. The molecule has 6 nitrogen and oxygen atoms in total. The average molecular weight is 431 g/mol. The van der Waals surface area contributed by atoms with Crippen molar-refractivity contribution in [2.75, 3.05) is 33.9 Å². The maximum Gasteiger partial charge on any atom is 0.249 e. The van der Waals surface area contributed by atoms with Crippen molar-refractivity contribution in [3.8, 4) is 0 Å². The van der Waals surface area contributed by atoms with Crippen LogP contribution in [0.2, 0.25) is 0 Å². The van der Waals surface area contributed by atoms with E-state index in [4.69, 9.17) is 9.57 Å². The lowest BCUT2D eigenvalue weighted by Gasteiger charge is -2.31. The molecule has 5 atom stereocenters. The molecule has 4 rings (SSSR count). The Hall–Kier alpha value is -1.76. The number of rotatable bonds is 6. The van der Waals surface area contributed by atoms with Gasteiger partial charge in [0.05, 0.1) is 12.7 Å². The van der Waals surface area contributed by atoms with Crippen LogP contribution in [0.4, 0.5) is 0 Å². The molecule has 2 aliphatic heterocycles. The molecule has 1 unspecified atom stereocenters. The summed E-state index contributed by atoms with van der Waals surface area (Å²) in [6.07, 6.45) is 5.52. The largest absolute Gasteiger partial charge is 0.379 e. The van der Waals surface area contributed by atoms with E-state index >= 15 is 0 Å². The van der Waals surface area contributed by atoms with Gasteiger partial charge < -0.3 is 9.64 Å². The van der Waals surface area contributed by atoms with E-state index in [-0.39, 0.29) is 29.6 Å². The molecule has 0 bridgehead atoms. The molecule has 0 radical (unpaired) electrons. The zero-order valence-corrected chi connectivity index (χ0v) is 19.5. The fourth-order valence-electron chi connectivity index (χ4n) is 4.77. The highest BCUT2D eigenvalue weighted by Gasteiger charge is 2.46. The van der Waals surface area contributed by atoms with Crippen LogP contribution in [0.1, 0.15) is 57.4 Å². The standard InChI is InChI=1S/C14H17NO2.C11H21NO2/c16-14(15-8-4-5-9-17-15)13-10-12(13)11-6-2-1-3-7-11;1-8(9(2)13)11(14-4)10-6-5-7-12(10)3/h1-3,6-7,12-13H,4-5,8-10H2;8,10-11H,5-7H2,1-4H3/t12-,13-;8?,10-,11+/m10/s1. The second-order valence-corrected chi connectivity index (χ2v) is 9.13. The van der Waals surface area contributed by atoms with Gasteiger partial charge in [-0.15, -0.1) is 0 Å². The van der Waals surface area contributed by atoms with E-state index in [1.54, 1.807) is 19.1 Å². The van der Waals surface area contributed by atoms with Gasteiger partial charge in [-0.25, -0.2) is 5.06 Å². The fraction of sp³-hybridized carbons (Fsp3) is 0.680. The van der Waals surface area contributed by atoms with Gasteiger partial charge in [-0.05, 0) is 64.1 Å². The van der Waals surface area contributed by atoms with E-state index in [9.17, 15) is 9.59 Å². The number of carbonyl (C=O) groups excluding carboxylic acids is 2. The van der Waals surface area contributed by atoms with Crippen LogP contribution in [0, 0.1) is 11.8 Å². The molecule has 6 heteroatoms. The number of amides is 1. The lowest BCUT2D eigenvalue weighted by Crippen LogP contribution is -2.43. The summed E-state index contributed by atoms with van der Waals surface area (Å²) in [6.45, 7) is 6.18. The van der Waals surface area contributed by atoms with Gasteiger partial charge in [0.15, 0.2) is 0 Å². The summed E-state index contributed by atoms with van der Waals surface area (Å²) in [6, 6.07) is 10.7. The third kappa shape index (κ3) is 6.15. The topological polar surface area (TPSA) is 59.1 Å². The van der Waals surface area contributed by atoms with Crippen molar-refractivity contribution in [2.45, 2.75) is 64.0 Å². The van der Waals surface area contributed by atoms with Crippen molar-refractivity contribution in [1.29, 1.82) is 0 Å². The van der Waals surface area contributed by atoms with Gasteiger partial charge in [0.2, 0.25) is 5.91 Å². The van der Waals surface area contributed by atoms with E-state index < -0.39 is 0 Å². The lowest BCUT2D eigenvalue weighted by molar-refractivity contribution is -0.198. The van der Waals surface area contributed by atoms with E-state index in [2.05, 4.69) is 24.1 Å². The van der Waals surface area contributed by atoms with Crippen molar-refractivity contribution >= 4 is 11.7 Å². The molecular weight excluding hydrogens is 392 g/mol. The molecule has 1 amide bonds. The molecule has 0 aromatic heterocycles.